The van der Waals surface area contributed by atoms with Crippen LogP contribution in [0.1, 0.15) is 12.1 Å². The van der Waals surface area contributed by atoms with E-state index in [0.29, 0.717) is 24.5 Å². The molecule has 1 aliphatic rings. The lowest BCUT2D eigenvalue weighted by Gasteiger charge is -2.18. The van der Waals surface area contributed by atoms with Crippen molar-refractivity contribution in [1.29, 1.82) is 0 Å². The van der Waals surface area contributed by atoms with Crippen molar-refractivity contribution in [1.82, 2.24) is 4.98 Å². The SMILES string of the molecule is C=CC(O)Cc1cccc(NC(O)OCC2C=CC=CC2)n1. The number of hydrogen-bond donors (Lipinski definition) is 3. The molecule has 0 fully saturated rings. The van der Waals surface area contributed by atoms with Crippen LogP contribution in [0.2, 0.25) is 0 Å². The first-order valence-corrected chi connectivity index (χ1v) is 7.33. The smallest absolute Gasteiger partial charge is 0.236 e. The number of allylic oxidation sites excluding steroid dienone is 3. The lowest BCUT2D eigenvalue weighted by atomic mass is 10.0. The number of hydrogen-bond acceptors (Lipinski definition) is 5. The Hall–Kier alpha value is -1.95. The predicted molar refractivity (Wildman–Crippen MR) is 86.1 cm³/mol. The number of nitrogens with zero attached hydrogens (tertiary/aromatic N) is 1. The molecule has 1 aromatic heterocycles. The highest BCUT2D eigenvalue weighted by Gasteiger charge is 2.11. The summed E-state index contributed by atoms with van der Waals surface area (Å²) < 4.78 is 5.38. The Bertz CT molecular complexity index is 542. The molecule has 1 aliphatic carbocycles. The summed E-state index contributed by atoms with van der Waals surface area (Å²) in [6.07, 6.45) is 9.12. The molecule has 0 saturated heterocycles. The summed E-state index contributed by atoms with van der Waals surface area (Å²) in [5.74, 6) is 0.781. The lowest BCUT2D eigenvalue weighted by molar-refractivity contribution is -0.0856. The predicted octanol–water partition coefficient (Wildman–Crippen LogP) is 2.01. The van der Waals surface area contributed by atoms with Gasteiger partial charge >= 0.3 is 0 Å². The van der Waals surface area contributed by atoms with E-state index in [9.17, 15) is 10.2 Å². The zero-order valence-electron chi connectivity index (χ0n) is 12.4. The average molecular weight is 302 g/mol. The van der Waals surface area contributed by atoms with Gasteiger partial charge in [-0.25, -0.2) is 4.98 Å². The van der Waals surface area contributed by atoms with Crippen molar-refractivity contribution in [3.05, 3.63) is 60.9 Å². The molecule has 1 aromatic rings. The Morgan fingerprint density at radius 1 is 1.41 bits per heavy atom. The second-order valence-electron chi connectivity index (χ2n) is 5.16. The van der Waals surface area contributed by atoms with Gasteiger partial charge in [0.2, 0.25) is 6.41 Å². The number of aliphatic hydroxyl groups is 2. The number of anilines is 1. The fourth-order valence-electron chi connectivity index (χ4n) is 2.11. The minimum absolute atomic E-state index is 0.281. The maximum atomic E-state index is 9.87. The van der Waals surface area contributed by atoms with Gasteiger partial charge in [0.05, 0.1) is 12.7 Å². The minimum atomic E-state index is -1.12. The van der Waals surface area contributed by atoms with Gasteiger partial charge in [-0.1, -0.05) is 36.4 Å². The maximum Gasteiger partial charge on any atom is 0.236 e. The first kappa shape index (κ1) is 16.4. The van der Waals surface area contributed by atoms with E-state index in [0.717, 1.165) is 6.42 Å². The molecular formula is C17H22N2O3. The number of nitrogens with one attached hydrogen (secondary N) is 1. The van der Waals surface area contributed by atoms with E-state index in [1.165, 1.54) is 6.08 Å². The van der Waals surface area contributed by atoms with E-state index < -0.39 is 12.5 Å². The molecule has 3 N–H and O–H groups in total. The molecule has 0 spiro atoms. The molecule has 0 aromatic carbocycles. The molecule has 3 unspecified atom stereocenters. The molecule has 22 heavy (non-hydrogen) atoms. The summed E-state index contributed by atoms with van der Waals surface area (Å²) in [5.41, 5.74) is 0.713. The molecule has 118 valence electrons. The van der Waals surface area contributed by atoms with Gasteiger partial charge in [0, 0.05) is 18.0 Å². The lowest BCUT2D eigenvalue weighted by Crippen LogP contribution is -2.26. The summed E-state index contributed by atoms with van der Waals surface area (Å²) in [7, 11) is 0. The summed E-state index contributed by atoms with van der Waals surface area (Å²) >= 11 is 0. The second kappa shape index (κ2) is 8.48. The van der Waals surface area contributed by atoms with Crippen LogP contribution in [0, 0.1) is 5.92 Å². The quantitative estimate of drug-likeness (QED) is 0.506. The van der Waals surface area contributed by atoms with Gasteiger partial charge in [-0.05, 0) is 18.6 Å². The summed E-state index contributed by atoms with van der Waals surface area (Å²) in [5, 5.41) is 22.2. The van der Waals surface area contributed by atoms with Crippen molar-refractivity contribution in [2.45, 2.75) is 25.4 Å². The van der Waals surface area contributed by atoms with E-state index in [-0.39, 0.29) is 5.92 Å². The van der Waals surface area contributed by atoms with Crippen molar-refractivity contribution in [2.75, 3.05) is 11.9 Å². The fraction of sp³-hybridized carbons (Fsp3) is 0.353. The van der Waals surface area contributed by atoms with Crippen LogP contribution >= 0.6 is 0 Å². The van der Waals surface area contributed by atoms with Crippen LogP contribution in [-0.2, 0) is 11.2 Å². The molecule has 0 saturated carbocycles. The van der Waals surface area contributed by atoms with Gasteiger partial charge in [0.15, 0.2) is 0 Å². The van der Waals surface area contributed by atoms with Gasteiger partial charge in [-0.2, -0.15) is 0 Å². The number of aliphatic hydroxyl groups excluding tert-OH is 2. The molecule has 2 rings (SSSR count). The zero-order chi connectivity index (χ0) is 15.8. The number of ether oxygens (including phenoxy) is 1. The van der Waals surface area contributed by atoms with Gasteiger partial charge < -0.3 is 20.3 Å². The molecular weight excluding hydrogens is 280 g/mol. The van der Waals surface area contributed by atoms with E-state index in [1.807, 2.05) is 24.3 Å². The molecule has 0 amide bonds. The Morgan fingerprint density at radius 2 is 2.27 bits per heavy atom. The van der Waals surface area contributed by atoms with Crippen LogP contribution in [0.4, 0.5) is 5.82 Å². The normalized spacial score (nSPS) is 19.6. The molecule has 1 heterocycles. The Kier molecular flexibility index (Phi) is 6.33. The van der Waals surface area contributed by atoms with Gasteiger partial charge in [-0.3, -0.25) is 0 Å². The molecule has 0 aliphatic heterocycles. The highest BCUT2D eigenvalue weighted by atomic mass is 16.6. The number of rotatable bonds is 8. The monoisotopic (exact) mass is 302 g/mol. The van der Waals surface area contributed by atoms with Crippen LogP contribution in [0.3, 0.4) is 0 Å². The molecule has 0 bridgehead atoms. The van der Waals surface area contributed by atoms with Gasteiger partial charge in [0.1, 0.15) is 5.82 Å². The largest absolute Gasteiger partial charge is 0.389 e. The highest BCUT2D eigenvalue weighted by Crippen LogP contribution is 2.13. The standard InChI is InChI=1S/C17H22N2O3/c1-2-15(20)11-14-9-6-10-16(18-14)19-17(21)22-12-13-7-4-3-5-8-13/h2-7,9-10,13,15,17,20-21H,1,8,11-12H2,(H,18,19). The van der Waals surface area contributed by atoms with Crippen molar-refractivity contribution < 1.29 is 14.9 Å². The Labute approximate surface area is 130 Å². The minimum Gasteiger partial charge on any atom is -0.389 e. The molecule has 3 atom stereocenters. The van der Waals surface area contributed by atoms with Crippen molar-refractivity contribution in [3.63, 3.8) is 0 Å². The maximum absolute atomic E-state index is 9.87. The van der Waals surface area contributed by atoms with Crippen LogP contribution in [0.25, 0.3) is 0 Å². The third-order valence-electron chi connectivity index (χ3n) is 3.31. The molecule has 5 nitrogen and oxygen atoms in total. The molecule has 5 heteroatoms. The van der Waals surface area contributed by atoms with Crippen LogP contribution < -0.4 is 5.32 Å². The summed E-state index contributed by atoms with van der Waals surface area (Å²) in [4.78, 5) is 4.31. The van der Waals surface area contributed by atoms with Crippen LogP contribution in [0.5, 0.6) is 0 Å². The number of pyridine rings is 1. The topological polar surface area (TPSA) is 74.6 Å². The highest BCUT2D eigenvalue weighted by molar-refractivity contribution is 5.35. The first-order valence-electron chi connectivity index (χ1n) is 7.33. The van der Waals surface area contributed by atoms with Gasteiger partial charge in [-0.15, -0.1) is 6.58 Å². The molecule has 0 radical (unpaired) electrons. The summed E-state index contributed by atoms with van der Waals surface area (Å²) in [6.45, 7) is 3.97. The van der Waals surface area contributed by atoms with Crippen molar-refractivity contribution >= 4 is 5.82 Å². The van der Waals surface area contributed by atoms with E-state index >= 15 is 0 Å². The van der Waals surface area contributed by atoms with E-state index in [1.54, 1.807) is 6.07 Å². The average Bonchev–Trinajstić information content (AvgIpc) is 2.54. The third-order valence-corrected chi connectivity index (χ3v) is 3.31. The van der Waals surface area contributed by atoms with Crippen LogP contribution in [0.15, 0.2) is 55.2 Å². The third kappa shape index (κ3) is 5.44. The second-order valence-corrected chi connectivity index (χ2v) is 5.16. The van der Waals surface area contributed by atoms with Crippen LogP contribution in [-0.4, -0.2) is 34.3 Å². The van der Waals surface area contributed by atoms with Crippen molar-refractivity contribution in [2.24, 2.45) is 5.92 Å². The Morgan fingerprint density at radius 3 is 3.00 bits per heavy atom. The zero-order valence-corrected chi connectivity index (χ0v) is 12.4. The van der Waals surface area contributed by atoms with Crippen molar-refractivity contribution in [3.8, 4) is 0 Å². The van der Waals surface area contributed by atoms with E-state index in [2.05, 4.69) is 29.0 Å². The van der Waals surface area contributed by atoms with E-state index in [4.69, 9.17) is 4.74 Å². The Balaban J connectivity index is 1.81. The number of aromatic nitrogens is 1. The van der Waals surface area contributed by atoms with Gasteiger partial charge in [0.25, 0.3) is 0 Å². The fourth-order valence-corrected chi connectivity index (χ4v) is 2.11. The summed E-state index contributed by atoms with van der Waals surface area (Å²) in [6, 6.07) is 5.35. The first-order chi connectivity index (χ1) is 10.7.